The average Bonchev–Trinajstić information content (AvgIpc) is 2.87. The van der Waals surface area contributed by atoms with Crippen LogP contribution < -0.4 is 16.4 Å². The van der Waals surface area contributed by atoms with E-state index in [0.717, 1.165) is 11.3 Å². The number of hydrogen-bond donors (Lipinski definition) is 4. The van der Waals surface area contributed by atoms with Crippen LogP contribution in [0.2, 0.25) is 0 Å². The Kier molecular flexibility index (Phi) is 4.11. The van der Waals surface area contributed by atoms with E-state index in [-0.39, 0.29) is 0 Å². The molecule has 3 rings (SSSR count). The number of aromatic amines is 1. The summed E-state index contributed by atoms with van der Waals surface area (Å²) in [5, 5.41) is 13.3. The van der Waals surface area contributed by atoms with E-state index in [2.05, 4.69) is 30.8 Å². The van der Waals surface area contributed by atoms with Crippen LogP contribution in [-0.2, 0) is 0 Å². The summed E-state index contributed by atoms with van der Waals surface area (Å²) in [5.74, 6) is 1.23. The highest BCUT2D eigenvalue weighted by Gasteiger charge is 2.08. The number of carbonyl (C=O) groups excluding carboxylic acids is 1. The maximum absolute atomic E-state index is 11.2. The molecular weight excluding hydrogens is 306 g/mol. The molecule has 122 valence electrons. The molecule has 24 heavy (non-hydrogen) atoms. The number of H-pyrrole nitrogens is 1. The van der Waals surface area contributed by atoms with Crippen molar-refractivity contribution in [1.29, 1.82) is 0 Å². The van der Waals surface area contributed by atoms with E-state index in [0.29, 0.717) is 28.8 Å². The van der Waals surface area contributed by atoms with Crippen molar-refractivity contribution in [2.75, 3.05) is 10.6 Å². The smallest absolute Gasteiger partial charge is 0.248 e. The molecule has 1 amide bonds. The van der Waals surface area contributed by atoms with Crippen molar-refractivity contribution < 1.29 is 4.79 Å². The van der Waals surface area contributed by atoms with Crippen LogP contribution >= 0.6 is 0 Å². The molecule has 0 saturated heterocycles. The van der Waals surface area contributed by atoms with Gasteiger partial charge in [0.15, 0.2) is 5.82 Å². The molecule has 5 N–H and O–H groups in total. The summed E-state index contributed by atoms with van der Waals surface area (Å²) in [6.07, 6.45) is 1.63. The minimum absolute atomic E-state index is 0.395. The first kappa shape index (κ1) is 15.5. The van der Waals surface area contributed by atoms with Gasteiger partial charge in [-0.3, -0.25) is 9.89 Å². The molecule has 0 unspecified atom stereocenters. The second kappa shape index (κ2) is 6.37. The molecule has 0 saturated carbocycles. The number of primary amides is 1. The number of nitrogens with zero attached hydrogens (tertiary/aromatic N) is 3. The monoisotopic (exact) mass is 323 g/mol. The second-order valence-corrected chi connectivity index (χ2v) is 5.28. The molecule has 3 aromatic rings. The van der Waals surface area contributed by atoms with Gasteiger partial charge in [-0.25, -0.2) is 4.98 Å². The van der Waals surface area contributed by atoms with E-state index in [1.807, 2.05) is 13.8 Å². The molecule has 2 aromatic heterocycles. The number of hydrogen-bond acceptors (Lipinski definition) is 6. The molecule has 0 fully saturated rings. The van der Waals surface area contributed by atoms with Gasteiger partial charge in [0.2, 0.25) is 11.9 Å². The maximum Gasteiger partial charge on any atom is 0.248 e. The topological polar surface area (TPSA) is 122 Å². The van der Waals surface area contributed by atoms with Gasteiger partial charge in [-0.2, -0.15) is 10.1 Å². The predicted octanol–water partition coefficient (Wildman–Crippen LogP) is 2.40. The number of anilines is 4. The van der Waals surface area contributed by atoms with Gasteiger partial charge < -0.3 is 16.4 Å². The molecule has 8 nitrogen and oxygen atoms in total. The first-order chi connectivity index (χ1) is 11.5. The maximum atomic E-state index is 11.2. The summed E-state index contributed by atoms with van der Waals surface area (Å²) in [6, 6.07) is 8.58. The SMILES string of the molecule is Cc1[nH]nc(Nc2ccnc(Nc3cccc(C(N)=O)c3)n2)c1C. The predicted molar refractivity (Wildman–Crippen MR) is 91.6 cm³/mol. The molecule has 1 aromatic carbocycles. The van der Waals surface area contributed by atoms with Crippen LogP contribution in [0.4, 0.5) is 23.3 Å². The van der Waals surface area contributed by atoms with Crippen molar-refractivity contribution >= 4 is 29.2 Å². The first-order valence-corrected chi connectivity index (χ1v) is 7.31. The minimum atomic E-state index is -0.487. The molecule has 2 heterocycles. The van der Waals surface area contributed by atoms with Crippen LogP contribution in [0.15, 0.2) is 36.5 Å². The van der Waals surface area contributed by atoms with E-state index in [1.54, 1.807) is 36.5 Å². The van der Waals surface area contributed by atoms with E-state index in [4.69, 9.17) is 5.73 Å². The Morgan fingerprint density at radius 1 is 1.21 bits per heavy atom. The molecule has 0 aliphatic rings. The van der Waals surface area contributed by atoms with E-state index in [1.165, 1.54) is 0 Å². The molecule has 0 spiro atoms. The zero-order valence-electron chi connectivity index (χ0n) is 13.3. The number of carbonyl (C=O) groups is 1. The van der Waals surface area contributed by atoms with Gasteiger partial charge >= 0.3 is 0 Å². The second-order valence-electron chi connectivity index (χ2n) is 5.28. The number of amides is 1. The van der Waals surface area contributed by atoms with Crippen LogP contribution in [0.25, 0.3) is 0 Å². The average molecular weight is 323 g/mol. The number of nitrogens with one attached hydrogen (secondary N) is 3. The number of aryl methyl sites for hydroxylation is 1. The summed E-state index contributed by atoms with van der Waals surface area (Å²) >= 11 is 0. The standard InChI is InChI=1S/C16H17N7O/c1-9-10(2)22-23-15(9)20-13-6-7-18-16(21-13)19-12-5-3-4-11(8-12)14(17)24/h3-8H,1-2H3,(H2,17,24)(H3,18,19,20,21,22,23). The summed E-state index contributed by atoms with van der Waals surface area (Å²) in [7, 11) is 0. The molecule has 0 bridgehead atoms. The van der Waals surface area contributed by atoms with Gasteiger partial charge in [-0.1, -0.05) is 6.07 Å². The Morgan fingerprint density at radius 3 is 2.75 bits per heavy atom. The van der Waals surface area contributed by atoms with Crippen molar-refractivity contribution in [3.05, 3.63) is 53.3 Å². The van der Waals surface area contributed by atoms with Crippen LogP contribution in [-0.4, -0.2) is 26.1 Å². The first-order valence-electron chi connectivity index (χ1n) is 7.31. The highest BCUT2D eigenvalue weighted by Crippen LogP contribution is 2.20. The lowest BCUT2D eigenvalue weighted by Crippen LogP contribution is -2.11. The number of nitrogens with two attached hydrogens (primary N) is 1. The summed E-state index contributed by atoms with van der Waals surface area (Å²) in [4.78, 5) is 19.8. The Labute approximate surface area is 138 Å². The minimum Gasteiger partial charge on any atom is -0.366 e. The highest BCUT2D eigenvalue weighted by atomic mass is 16.1. The van der Waals surface area contributed by atoms with Crippen molar-refractivity contribution in [2.45, 2.75) is 13.8 Å². The van der Waals surface area contributed by atoms with Crippen LogP contribution in [0.5, 0.6) is 0 Å². The fourth-order valence-corrected chi connectivity index (χ4v) is 2.10. The largest absolute Gasteiger partial charge is 0.366 e. The summed E-state index contributed by atoms with van der Waals surface area (Å²) < 4.78 is 0. The molecule has 0 aliphatic heterocycles. The lowest BCUT2D eigenvalue weighted by atomic mass is 10.2. The molecule has 0 radical (unpaired) electrons. The number of rotatable bonds is 5. The van der Waals surface area contributed by atoms with Crippen LogP contribution in [0.3, 0.4) is 0 Å². The fraction of sp³-hybridized carbons (Fsp3) is 0.125. The van der Waals surface area contributed by atoms with E-state index in [9.17, 15) is 4.79 Å². The quantitative estimate of drug-likeness (QED) is 0.572. The van der Waals surface area contributed by atoms with Crippen LogP contribution in [0, 0.1) is 13.8 Å². The lowest BCUT2D eigenvalue weighted by molar-refractivity contribution is 0.100. The summed E-state index contributed by atoms with van der Waals surface area (Å²) in [6.45, 7) is 3.92. The Hall–Kier alpha value is -3.42. The zero-order valence-corrected chi connectivity index (χ0v) is 13.3. The van der Waals surface area contributed by atoms with Gasteiger partial charge in [0.05, 0.1) is 0 Å². The molecule has 8 heteroatoms. The van der Waals surface area contributed by atoms with Gasteiger partial charge in [0, 0.05) is 28.7 Å². The summed E-state index contributed by atoms with van der Waals surface area (Å²) in [5.41, 5.74) is 8.39. The fourth-order valence-electron chi connectivity index (χ4n) is 2.10. The number of benzene rings is 1. The van der Waals surface area contributed by atoms with Gasteiger partial charge in [-0.15, -0.1) is 0 Å². The van der Waals surface area contributed by atoms with Gasteiger partial charge in [0.25, 0.3) is 0 Å². The van der Waals surface area contributed by atoms with Crippen molar-refractivity contribution in [2.24, 2.45) is 5.73 Å². The van der Waals surface area contributed by atoms with Crippen LogP contribution in [0.1, 0.15) is 21.6 Å². The Morgan fingerprint density at radius 2 is 2.04 bits per heavy atom. The highest BCUT2D eigenvalue weighted by molar-refractivity contribution is 5.93. The Balaban J connectivity index is 1.79. The van der Waals surface area contributed by atoms with Crippen molar-refractivity contribution in [1.82, 2.24) is 20.2 Å². The normalized spacial score (nSPS) is 10.4. The van der Waals surface area contributed by atoms with Crippen molar-refractivity contribution in [3.63, 3.8) is 0 Å². The molecular formula is C16H17N7O. The lowest BCUT2D eigenvalue weighted by Gasteiger charge is -2.08. The number of aromatic nitrogens is 4. The van der Waals surface area contributed by atoms with Gasteiger partial charge in [-0.05, 0) is 38.1 Å². The molecule has 0 aliphatic carbocycles. The van der Waals surface area contributed by atoms with Gasteiger partial charge in [0.1, 0.15) is 5.82 Å². The van der Waals surface area contributed by atoms with E-state index < -0.39 is 5.91 Å². The third-order valence-corrected chi connectivity index (χ3v) is 3.56. The van der Waals surface area contributed by atoms with Crippen molar-refractivity contribution in [3.8, 4) is 0 Å². The molecule has 0 atom stereocenters. The van der Waals surface area contributed by atoms with E-state index >= 15 is 0 Å². The third kappa shape index (κ3) is 3.32. The third-order valence-electron chi connectivity index (χ3n) is 3.56. The Bertz CT molecular complexity index is 888. The zero-order chi connectivity index (χ0) is 17.1.